The van der Waals surface area contributed by atoms with Crippen molar-refractivity contribution < 1.29 is 14.7 Å². The molecular weight excluding hydrogens is 244 g/mol. The van der Waals surface area contributed by atoms with Gasteiger partial charge in [0.2, 0.25) is 0 Å². The molecule has 1 aliphatic rings. The number of carbonyl (C=O) groups excluding carboxylic acids is 1. The molecule has 0 heterocycles. The van der Waals surface area contributed by atoms with Crippen molar-refractivity contribution in [3.05, 3.63) is 0 Å². The van der Waals surface area contributed by atoms with Crippen LogP contribution in [-0.4, -0.2) is 29.7 Å². The number of carboxylic acids is 1. The van der Waals surface area contributed by atoms with Crippen molar-refractivity contribution in [1.82, 2.24) is 10.6 Å². The average molecular weight is 266 g/mol. The molecule has 0 aromatic carbocycles. The van der Waals surface area contributed by atoms with E-state index in [-0.39, 0.29) is 18.0 Å². The summed E-state index contributed by atoms with van der Waals surface area (Å²) in [5.74, 6) is 1.95. The van der Waals surface area contributed by atoms with E-state index in [9.17, 15) is 9.59 Å². The smallest absolute Gasteiger partial charge is 0.315 e. The number of terminal acetylenes is 1. The van der Waals surface area contributed by atoms with Gasteiger partial charge in [-0.15, -0.1) is 6.42 Å². The Labute approximate surface area is 114 Å². The molecule has 0 aliphatic heterocycles. The summed E-state index contributed by atoms with van der Waals surface area (Å²) in [4.78, 5) is 22.4. The van der Waals surface area contributed by atoms with Crippen LogP contribution in [0.15, 0.2) is 0 Å². The Bertz CT molecular complexity index is 354. The maximum atomic E-state index is 11.6. The predicted molar refractivity (Wildman–Crippen MR) is 72.5 cm³/mol. The minimum atomic E-state index is -0.705. The summed E-state index contributed by atoms with van der Waals surface area (Å²) in [6.07, 6.45) is 9.07. The average Bonchev–Trinajstić information content (AvgIpc) is 2.43. The van der Waals surface area contributed by atoms with Gasteiger partial charge in [0.25, 0.3) is 0 Å². The van der Waals surface area contributed by atoms with E-state index >= 15 is 0 Å². The number of aliphatic carboxylic acids is 1. The van der Waals surface area contributed by atoms with Crippen molar-refractivity contribution >= 4 is 12.0 Å². The van der Waals surface area contributed by atoms with E-state index in [4.69, 9.17) is 11.5 Å². The van der Waals surface area contributed by atoms with Gasteiger partial charge in [-0.1, -0.05) is 12.8 Å². The first kappa shape index (κ1) is 15.4. The first-order valence-corrected chi connectivity index (χ1v) is 6.80. The zero-order valence-electron chi connectivity index (χ0n) is 11.3. The highest BCUT2D eigenvalue weighted by atomic mass is 16.4. The van der Waals surface area contributed by atoms with Crippen molar-refractivity contribution in [3.63, 3.8) is 0 Å². The van der Waals surface area contributed by atoms with Gasteiger partial charge in [-0.2, -0.15) is 0 Å². The van der Waals surface area contributed by atoms with Crippen LogP contribution in [0.3, 0.4) is 0 Å². The molecule has 0 spiro atoms. The first-order valence-electron chi connectivity index (χ1n) is 6.80. The Hall–Kier alpha value is -1.70. The minimum absolute atomic E-state index is 0.212. The van der Waals surface area contributed by atoms with Crippen molar-refractivity contribution in [1.29, 1.82) is 0 Å². The van der Waals surface area contributed by atoms with Crippen LogP contribution in [0, 0.1) is 24.2 Å². The zero-order valence-corrected chi connectivity index (χ0v) is 11.3. The third-order valence-corrected chi connectivity index (χ3v) is 3.66. The van der Waals surface area contributed by atoms with Gasteiger partial charge in [0.05, 0.1) is 12.0 Å². The second-order valence-electron chi connectivity index (χ2n) is 5.04. The molecule has 0 aromatic rings. The molecule has 1 aliphatic carbocycles. The number of rotatable bonds is 5. The van der Waals surface area contributed by atoms with E-state index in [0.717, 1.165) is 12.8 Å². The molecule has 19 heavy (non-hydrogen) atoms. The third-order valence-electron chi connectivity index (χ3n) is 3.66. The van der Waals surface area contributed by atoms with Crippen LogP contribution in [0.4, 0.5) is 4.79 Å². The topological polar surface area (TPSA) is 78.4 Å². The first-order chi connectivity index (χ1) is 9.06. The standard InChI is InChI=1S/C14H22N2O3/c1-3-12(4-2)16-14(19)15-9-10-5-7-11(8-6-10)13(17)18/h1,10-12H,4-9H2,2H3,(H,17,18)(H2,15,16,19). The number of hydrogen-bond donors (Lipinski definition) is 3. The van der Waals surface area contributed by atoms with Crippen LogP contribution in [0.25, 0.3) is 0 Å². The van der Waals surface area contributed by atoms with E-state index in [1.54, 1.807) is 0 Å². The number of carbonyl (C=O) groups is 2. The molecule has 1 unspecified atom stereocenters. The van der Waals surface area contributed by atoms with Gasteiger partial charge in [-0.3, -0.25) is 4.79 Å². The molecule has 5 nitrogen and oxygen atoms in total. The highest BCUT2D eigenvalue weighted by Gasteiger charge is 2.25. The van der Waals surface area contributed by atoms with Crippen LogP contribution in [0.1, 0.15) is 39.0 Å². The lowest BCUT2D eigenvalue weighted by atomic mass is 9.82. The Morgan fingerprint density at radius 2 is 2.00 bits per heavy atom. The number of amides is 2. The van der Waals surface area contributed by atoms with Gasteiger partial charge < -0.3 is 15.7 Å². The normalized spacial score (nSPS) is 24.0. The number of urea groups is 1. The Kier molecular flexibility index (Phi) is 6.20. The number of carboxylic acid groups (broad SMARTS) is 1. The number of hydrogen-bond acceptors (Lipinski definition) is 2. The van der Waals surface area contributed by atoms with Crippen LogP contribution < -0.4 is 10.6 Å². The molecular formula is C14H22N2O3. The van der Waals surface area contributed by atoms with Gasteiger partial charge in [0, 0.05) is 6.54 Å². The molecule has 1 atom stereocenters. The maximum Gasteiger partial charge on any atom is 0.315 e. The second-order valence-corrected chi connectivity index (χ2v) is 5.04. The van der Waals surface area contributed by atoms with Crippen LogP contribution in [-0.2, 0) is 4.79 Å². The fraction of sp³-hybridized carbons (Fsp3) is 0.714. The van der Waals surface area contributed by atoms with Crippen LogP contribution in [0.2, 0.25) is 0 Å². The van der Waals surface area contributed by atoms with Crippen LogP contribution >= 0.6 is 0 Å². The monoisotopic (exact) mass is 266 g/mol. The van der Waals surface area contributed by atoms with E-state index < -0.39 is 5.97 Å². The molecule has 2 amide bonds. The molecule has 1 saturated carbocycles. The lowest BCUT2D eigenvalue weighted by molar-refractivity contribution is -0.143. The molecule has 1 fully saturated rings. The molecule has 0 bridgehead atoms. The Balaban J connectivity index is 2.22. The lowest BCUT2D eigenvalue weighted by Gasteiger charge is -2.26. The van der Waals surface area contributed by atoms with Gasteiger partial charge in [0.1, 0.15) is 0 Å². The molecule has 0 saturated heterocycles. The highest BCUT2D eigenvalue weighted by Crippen LogP contribution is 2.28. The summed E-state index contributed by atoms with van der Waals surface area (Å²) in [5.41, 5.74) is 0. The van der Waals surface area contributed by atoms with Crippen molar-refractivity contribution in [2.24, 2.45) is 11.8 Å². The maximum absolute atomic E-state index is 11.6. The molecule has 106 valence electrons. The Morgan fingerprint density at radius 1 is 1.37 bits per heavy atom. The fourth-order valence-electron chi connectivity index (χ4n) is 2.32. The van der Waals surface area contributed by atoms with Crippen molar-refractivity contribution in [3.8, 4) is 12.3 Å². The summed E-state index contributed by atoms with van der Waals surface area (Å²) in [6, 6.07) is -0.479. The minimum Gasteiger partial charge on any atom is -0.481 e. The molecule has 3 N–H and O–H groups in total. The van der Waals surface area contributed by atoms with Gasteiger partial charge in [-0.25, -0.2) is 4.79 Å². The zero-order chi connectivity index (χ0) is 14.3. The van der Waals surface area contributed by atoms with Crippen molar-refractivity contribution in [2.75, 3.05) is 6.54 Å². The summed E-state index contributed by atoms with van der Waals surface area (Å²) in [5, 5.41) is 14.4. The Morgan fingerprint density at radius 3 is 2.47 bits per heavy atom. The van der Waals surface area contributed by atoms with Gasteiger partial charge >= 0.3 is 12.0 Å². The van der Waals surface area contributed by atoms with E-state index in [0.29, 0.717) is 31.7 Å². The fourth-order valence-corrected chi connectivity index (χ4v) is 2.32. The summed E-state index contributed by atoms with van der Waals surface area (Å²) >= 11 is 0. The van der Waals surface area contributed by atoms with E-state index in [1.165, 1.54) is 0 Å². The SMILES string of the molecule is C#CC(CC)NC(=O)NCC1CCC(C(=O)O)CC1. The second kappa shape index (κ2) is 7.67. The predicted octanol–water partition coefficient (Wildman–Crippen LogP) is 1.59. The van der Waals surface area contributed by atoms with Crippen molar-refractivity contribution in [2.45, 2.75) is 45.1 Å². The number of nitrogens with one attached hydrogen (secondary N) is 2. The third kappa shape index (κ3) is 5.21. The molecule has 0 aromatic heterocycles. The largest absolute Gasteiger partial charge is 0.481 e. The van der Waals surface area contributed by atoms with E-state index in [2.05, 4.69) is 16.6 Å². The highest BCUT2D eigenvalue weighted by molar-refractivity contribution is 5.74. The van der Waals surface area contributed by atoms with Crippen LogP contribution in [0.5, 0.6) is 0 Å². The quantitative estimate of drug-likeness (QED) is 0.661. The van der Waals surface area contributed by atoms with E-state index in [1.807, 2.05) is 6.92 Å². The summed E-state index contributed by atoms with van der Waals surface area (Å²) < 4.78 is 0. The molecule has 0 radical (unpaired) electrons. The molecule has 1 rings (SSSR count). The lowest BCUT2D eigenvalue weighted by Crippen LogP contribution is -2.43. The summed E-state index contributed by atoms with van der Waals surface area (Å²) in [7, 11) is 0. The van der Waals surface area contributed by atoms with Gasteiger partial charge in [-0.05, 0) is 38.0 Å². The van der Waals surface area contributed by atoms with Gasteiger partial charge in [0.15, 0.2) is 0 Å². The summed E-state index contributed by atoms with van der Waals surface area (Å²) in [6.45, 7) is 2.50. The molecule has 5 heteroatoms.